The van der Waals surface area contributed by atoms with E-state index in [9.17, 15) is 10.2 Å². The second-order valence-corrected chi connectivity index (χ2v) is 4.16. The molecule has 1 rings (SSSR count). The van der Waals surface area contributed by atoms with E-state index < -0.39 is 24.4 Å². The molecule has 0 aromatic rings. The number of hydrogen-bond acceptors (Lipinski definition) is 5. The summed E-state index contributed by atoms with van der Waals surface area (Å²) in [5.41, 5.74) is 0. The summed E-state index contributed by atoms with van der Waals surface area (Å²) in [6.45, 7) is 2.42. The van der Waals surface area contributed by atoms with Crippen molar-refractivity contribution < 1.29 is 24.8 Å². The van der Waals surface area contributed by atoms with Crippen LogP contribution in [0.3, 0.4) is 0 Å². The summed E-state index contributed by atoms with van der Waals surface area (Å²) >= 11 is 0. The maximum Gasteiger partial charge on any atom is 0.114 e. The fourth-order valence-electron chi connectivity index (χ4n) is 1.83. The van der Waals surface area contributed by atoms with Gasteiger partial charge in [0.2, 0.25) is 0 Å². The van der Waals surface area contributed by atoms with Gasteiger partial charge in [0.1, 0.15) is 24.4 Å². The van der Waals surface area contributed by atoms with Gasteiger partial charge < -0.3 is 24.8 Å². The lowest BCUT2D eigenvalue weighted by molar-refractivity contribution is -0.0937. The molecule has 0 unspecified atom stereocenters. The first-order valence-electron chi connectivity index (χ1n) is 5.90. The Morgan fingerprint density at radius 3 is 2.81 bits per heavy atom. The van der Waals surface area contributed by atoms with Crippen molar-refractivity contribution in [3.63, 3.8) is 0 Å². The minimum Gasteiger partial charge on any atom is -0.394 e. The Labute approximate surface area is 96.0 Å². The molecule has 16 heavy (non-hydrogen) atoms. The highest BCUT2D eigenvalue weighted by atomic mass is 16.6. The van der Waals surface area contributed by atoms with Crippen LogP contribution in [-0.2, 0) is 9.47 Å². The molecule has 0 bridgehead atoms. The molecule has 0 amide bonds. The fraction of sp³-hybridized carbons (Fsp3) is 1.00. The normalized spacial score (nSPS) is 31.9. The number of hydrogen-bond donors (Lipinski definition) is 3. The largest absolute Gasteiger partial charge is 0.394 e. The molecule has 96 valence electrons. The van der Waals surface area contributed by atoms with Crippen LogP contribution < -0.4 is 0 Å². The van der Waals surface area contributed by atoms with Gasteiger partial charge in [-0.25, -0.2) is 0 Å². The lowest BCUT2D eigenvalue weighted by Crippen LogP contribution is -2.42. The standard InChI is InChI=1S/C11H22O5/c1-2-3-4-5-15-11-9(14)7-16-10(11)8(13)6-12/h8-14H,2-7H2,1H3/t8-,9+,10-,11-/m1/s1. The molecule has 1 fully saturated rings. The average molecular weight is 234 g/mol. The zero-order chi connectivity index (χ0) is 12.0. The second-order valence-electron chi connectivity index (χ2n) is 4.16. The van der Waals surface area contributed by atoms with E-state index in [4.69, 9.17) is 14.6 Å². The third-order valence-corrected chi connectivity index (χ3v) is 2.79. The second kappa shape index (κ2) is 7.19. The Kier molecular flexibility index (Phi) is 6.23. The molecule has 1 saturated heterocycles. The summed E-state index contributed by atoms with van der Waals surface area (Å²) in [6, 6.07) is 0. The van der Waals surface area contributed by atoms with Gasteiger partial charge in [0.05, 0.1) is 13.2 Å². The molecule has 3 N–H and O–H groups in total. The smallest absolute Gasteiger partial charge is 0.114 e. The van der Waals surface area contributed by atoms with Crippen LogP contribution in [0, 0.1) is 0 Å². The monoisotopic (exact) mass is 234 g/mol. The van der Waals surface area contributed by atoms with Gasteiger partial charge >= 0.3 is 0 Å². The van der Waals surface area contributed by atoms with Crippen molar-refractivity contribution in [2.45, 2.75) is 50.6 Å². The van der Waals surface area contributed by atoms with Gasteiger partial charge in [-0.3, -0.25) is 0 Å². The first-order valence-corrected chi connectivity index (χ1v) is 5.90. The summed E-state index contributed by atoms with van der Waals surface area (Å²) in [4.78, 5) is 0. The van der Waals surface area contributed by atoms with Gasteiger partial charge in [0.25, 0.3) is 0 Å². The van der Waals surface area contributed by atoms with Gasteiger partial charge in [-0.1, -0.05) is 19.8 Å². The molecule has 0 aliphatic carbocycles. The molecule has 1 heterocycles. The van der Waals surface area contributed by atoms with Crippen molar-refractivity contribution in [2.24, 2.45) is 0 Å². The van der Waals surface area contributed by atoms with E-state index in [0.717, 1.165) is 19.3 Å². The van der Waals surface area contributed by atoms with Crippen LogP contribution in [0.25, 0.3) is 0 Å². The predicted molar refractivity (Wildman–Crippen MR) is 58.1 cm³/mol. The topological polar surface area (TPSA) is 79.2 Å². The van der Waals surface area contributed by atoms with E-state index >= 15 is 0 Å². The molecule has 0 saturated carbocycles. The van der Waals surface area contributed by atoms with Crippen LogP contribution in [-0.4, -0.2) is 59.6 Å². The number of aliphatic hydroxyl groups is 3. The zero-order valence-electron chi connectivity index (χ0n) is 9.71. The van der Waals surface area contributed by atoms with E-state index in [1.165, 1.54) is 0 Å². The molecule has 5 heteroatoms. The van der Waals surface area contributed by atoms with Crippen LogP contribution >= 0.6 is 0 Å². The van der Waals surface area contributed by atoms with E-state index in [1.807, 2.05) is 0 Å². The average Bonchev–Trinajstić information content (AvgIpc) is 2.65. The molecule has 1 aliphatic rings. The highest BCUT2D eigenvalue weighted by molar-refractivity contribution is 4.89. The highest BCUT2D eigenvalue weighted by Crippen LogP contribution is 2.21. The van der Waals surface area contributed by atoms with Crippen LogP contribution in [0.4, 0.5) is 0 Å². The number of ether oxygens (including phenoxy) is 2. The summed E-state index contributed by atoms with van der Waals surface area (Å²) in [6.07, 6.45) is 0.260. The van der Waals surface area contributed by atoms with Gasteiger partial charge in [0.15, 0.2) is 0 Å². The molecule has 5 nitrogen and oxygen atoms in total. The zero-order valence-corrected chi connectivity index (χ0v) is 9.71. The van der Waals surface area contributed by atoms with E-state index in [-0.39, 0.29) is 13.2 Å². The third kappa shape index (κ3) is 3.68. The van der Waals surface area contributed by atoms with Gasteiger partial charge in [-0.15, -0.1) is 0 Å². The van der Waals surface area contributed by atoms with Crippen LogP contribution in [0.2, 0.25) is 0 Å². The number of aliphatic hydroxyl groups excluding tert-OH is 3. The van der Waals surface area contributed by atoms with Gasteiger partial charge in [-0.2, -0.15) is 0 Å². The van der Waals surface area contributed by atoms with Crippen LogP contribution in [0.15, 0.2) is 0 Å². The van der Waals surface area contributed by atoms with Crippen molar-refractivity contribution in [1.29, 1.82) is 0 Å². The maximum atomic E-state index is 9.62. The quantitative estimate of drug-likeness (QED) is 0.526. The van der Waals surface area contributed by atoms with Crippen molar-refractivity contribution in [3.8, 4) is 0 Å². The third-order valence-electron chi connectivity index (χ3n) is 2.79. The summed E-state index contributed by atoms with van der Waals surface area (Å²) in [5, 5.41) is 27.9. The van der Waals surface area contributed by atoms with Gasteiger partial charge in [-0.05, 0) is 6.42 Å². The number of rotatable bonds is 7. The molecule has 0 spiro atoms. The molecule has 4 atom stereocenters. The van der Waals surface area contributed by atoms with Crippen LogP contribution in [0.1, 0.15) is 26.2 Å². The maximum absolute atomic E-state index is 9.62. The van der Waals surface area contributed by atoms with Crippen molar-refractivity contribution in [1.82, 2.24) is 0 Å². The Balaban J connectivity index is 2.34. The first kappa shape index (κ1) is 13.9. The van der Waals surface area contributed by atoms with Gasteiger partial charge in [0, 0.05) is 6.61 Å². The molecular formula is C11H22O5. The summed E-state index contributed by atoms with van der Waals surface area (Å²) in [5.74, 6) is 0. The Bertz CT molecular complexity index is 187. The fourth-order valence-corrected chi connectivity index (χ4v) is 1.83. The lowest BCUT2D eigenvalue weighted by atomic mass is 10.1. The minimum atomic E-state index is -0.992. The van der Waals surface area contributed by atoms with Crippen molar-refractivity contribution in [2.75, 3.05) is 19.8 Å². The summed E-state index contributed by atoms with van der Waals surface area (Å²) in [7, 11) is 0. The molecule has 0 aromatic heterocycles. The first-order chi connectivity index (χ1) is 7.70. The van der Waals surface area contributed by atoms with E-state index in [0.29, 0.717) is 6.61 Å². The molecule has 0 aromatic carbocycles. The summed E-state index contributed by atoms with van der Waals surface area (Å²) < 4.78 is 10.7. The van der Waals surface area contributed by atoms with E-state index in [2.05, 4.69) is 6.92 Å². The number of unbranched alkanes of at least 4 members (excludes halogenated alkanes) is 2. The lowest BCUT2D eigenvalue weighted by Gasteiger charge is -2.23. The molecule has 1 aliphatic heterocycles. The Hall–Kier alpha value is -0.200. The SMILES string of the molecule is CCCCCO[C@H]1[C@@H]([C@H](O)CO)OC[C@@H]1O. The van der Waals surface area contributed by atoms with Crippen molar-refractivity contribution >= 4 is 0 Å². The van der Waals surface area contributed by atoms with E-state index in [1.54, 1.807) is 0 Å². The minimum absolute atomic E-state index is 0.153. The van der Waals surface area contributed by atoms with Crippen molar-refractivity contribution in [3.05, 3.63) is 0 Å². The Morgan fingerprint density at radius 2 is 2.19 bits per heavy atom. The predicted octanol–water partition coefficient (Wildman–Crippen LogP) is -0.325. The molecular weight excluding hydrogens is 212 g/mol. The molecule has 0 radical (unpaired) electrons. The van der Waals surface area contributed by atoms with Crippen LogP contribution in [0.5, 0.6) is 0 Å². The highest BCUT2D eigenvalue weighted by Gasteiger charge is 2.40. The Morgan fingerprint density at radius 1 is 1.44 bits per heavy atom.